The van der Waals surface area contributed by atoms with E-state index in [4.69, 9.17) is 0 Å². The number of hydrogen-bond donors (Lipinski definition) is 0. The van der Waals surface area contributed by atoms with Crippen LogP contribution in [0, 0.1) is 0 Å². The molecule has 2 aliphatic rings. The van der Waals surface area contributed by atoms with E-state index in [1.54, 1.807) is 24.3 Å². The molecular formula is C23H18N2O7. The molecule has 0 radical (unpaired) electrons. The first-order chi connectivity index (χ1) is 15.3. The van der Waals surface area contributed by atoms with Gasteiger partial charge in [-0.25, -0.2) is 0 Å². The zero-order chi connectivity index (χ0) is 23.0. The van der Waals surface area contributed by atoms with Gasteiger partial charge in [0.1, 0.15) is 6.04 Å². The number of esters is 1. The predicted molar refractivity (Wildman–Crippen MR) is 109 cm³/mol. The van der Waals surface area contributed by atoms with E-state index < -0.39 is 48.0 Å². The van der Waals surface area contributed by atoms with Gasteiger partial charge in [-0.1, -0.05) is 24.3 Å². The molecule has 0 aromatic heterocycles. The van der Waals surface area contributed by atoms with Crippen molar-refractivity contribution in [2.24, 2.45) is 0 Å². The molecular weight excluding hydrogens is 416 g/mol. The summed E-state index contributed by atoms with van der Waals surface area (Å²) in [6, 6.07) is 11.0. The Labute approximate surface area is 182 Å². The van der Waals surface area contributed by atoms with Gasteiger partial charge in [-0.2, -0.15) is 0 Å². The number of ether oxygens (including phenoxy) is 1. The Morgan fingerprint density at radius 1 is 0.781 bits per heavy atom. The van der Waals surface area contributed by atoms with Gasteiger partial charge in [0.2, 0.25) is 0 Å². The molecule has 9 heteroatoms. The Morgan fingerprint density at radius 2 is 1.22 bits per heavy atom. The Kier molecular flexibility index (Phi) is 5.40. The number of ketones is 1. The van der Waals surface area contributed by atoms with Crippen molar-refractivity contribution in [1.82, 2.24) is 9.80 Å². The highest BCUT2D eigenvalue weighted by Gasteiger charge is 2.44. The molecule has 2 aromatic rings. The lowest BCUT2D eigenvalue weighted by molar-refractivity contribution is -0.141. The third-order valence-corrected chi connectivity index (χ3v) is 5.55. The van der Waals surface area contributed by atoms with E-state index in [0.717, 1.165) is 9.80 Å². The van der Waals surface area contributed by atoms with Gasteiger partial charge < -0.3 is 4.74 Å². The molecule has 0 N–H and O–H groups in total. The zero-order valence-electron chi connectivity index (χ0n) is 17.1. The second kappa shape index (κ2) is 8.18. The first kappa shape index (κ1) is 21.1. The van der Waals surface area contributed by atoms with Crippen molar-refractivity contribution >= 4 is 35.4 Å². The molecule has 162 valence electrons. The fourth-order valence-electron chi connectivity index (χ4n) is 3.93. The van der Waals surface area contributed by atoms with Crippen LogP contribution in [0.15, 0.2) is 48.5 Å². The number of nitrogens with zero attached hydrogens (tertiary/aromatic N) is 2. The summed E-state index contributed by atoms with van der Waals surface area (Å²) in [4.78, 5) is 77.6. The summed E-state index contributed by atoms with van der Waals surface area (Å²) in [5.74, 6) is -3.94. The minimum atomic E-state index is -1.34. The summed E-state index contributed by atoms with van der Waals surface area (Å²) in [6.07, 6.45) is -0.428. The third-order valence-electron chi connectivity index (χ3n) is 5.55. The van der Waals surface area contributed by atoms with Crippen LogP contribution < -0.4 is 0 Å². The molecule has 1 atom stereocenters. The van der Waals surface area contributed by atoms with E-state index in [0.29, 0.717) is 0 Å². The van der Waals surface area contributed by atoms with Crippen molar-refractivity contribution in [1.29, 1.82) is 0 Å². The van der Waals surface area contributed by atoms with Gasteiger partial charge in [0.15, 0.2) is 5.78 Å². The number of fused-ring (bicyclic) bond motifs is 2. The van der Waals surface area contributed by atoms with Gasteiger partial charge in [-0.15, -0.1) is 0 Å². The van der Waals surface area contributed by atoms with Crippen molar-refractivity contribution in [3.05, 3.63) is 70.8 Å². The molecule has 4 amide bonds. The maximum atomic E-state index is 13.2. The lowest BCUT2D eigenvalue weighted by atomic mass is 10.0. The second-order valence-electron chi connectivity index (χ2n) is 7.36. The number of imide groups is 2. The number of carbonyl (C=O) groups is 6. The third kappa shape index (κ3) is 3.37. The number of Topliss-reactive ketones (excluding diaryl/α,β-unsaturated/α-hetero) is 1. The minimum Gasteiger partial charge on any atom is -0.469 e. The summed E-state index contributed by atoms with van der Waals surface area (Å²) in [7, 11) is 1.18. The van der Waals surface area contributed by atoms with Crippen molar-refractivity contribution in [3.8, 4) is 0 Å². The van der Waals surface area contributed by atoms with Crippen molar-refractivity contribution in [2.45, 2.75) is 18.9 Å². The topological polar surface area (TPSA) is 118 Å². The Hall–Kier alpha value is -4.14. The maximum Gasteiger partial charge on any atom is 0.305 e. The molecule has 2 aromatic carbocycles. The Morgan fingerprint density at radius 3 is 1.66 bits per heavy atom. The van der Waals surface area contributed by atoms with Crippen molar-refractivity contribution in [3.63, 3.8) is 0 Å². The molecule has 32 heavy (non-hydrogen) atoms. The van der Waals surface area contributed by atoms with Crippen LogP contribution >= 0.6 is 0 Å². The zero-order valence-corrected chi connectivity index (χ0v) is 17.1. The summed E-state index contributed by atoms with van der Waals surface area (Å²) >= 11 is 0. The van der Waals surface area contributed by atoms with E-state index in [-0.39, 0.29) is 35.1 Å². The Bertz CT molecular complexity index is 1120. The molecule has 0 bridgehead atoms. The van der Waals surface area contributed by atoms with E-state index in [1.165, 1.54) is 31.4 Å². The van der Waals surface area contributed by atoms with Gasteiger partial charge >= 0.3 is 5.97 Å². The maximum absolute atomic E-state index is 13.2. The monoisotopic (exact) mass is 434 g/mol. The molecule has 2 aliphatic heterocycles. The highest BCUT2D eigenvalue weighted by atomic mass is 16.5. The second-order valence-corrected chi connectivity index (χ2v) is 7.36. The van der Waals surface area contributed by atoms with Crippen LogP contribution in [-0.2, 0) is 14.3 Å². The first-order valence-corrected chi connectivity index (χ1v) is 9.86. The summed E-state index contributed by atoms with van der Waals surface area (Å²) in [5, 5.41) is 0. The largest absolute Gasteiger partial charge is 0.469 e. The average Bonchev–Trinajstić information content (AvgIpc) is 3.20. The molecule has 0 saturated heterocycles. The SMILES string of the molecule is COC(=O)CCC(C(=O)CN1C(=O)c2ccccc2C1=O)N1C(=O)c2ccccc2C1=O. The quantitative estimate of drug-likeness (QED) is 0.478. The lowest BCUT2D eigenvalue weighted by Gasteiger charge is -2.26. The van der Waals surface area contributed by atoms with E-state index in [1.807, 2.05) is 0 Å². The van der Waals surface area contributed by atoms with Crippen LogP contribution in [0.1, 0.15) is 54.3 Å². The highest BCUT2D eigenvalue weighted by Crippen LogP contribution is 2.28. The normalized spacial score (nSPS) is 15.7. The molecule has 0 fully saturated rings. The van der Waals surface area contributed by atoms with Gasteiger partial charge in [-0.3, -0.25) is 38.6 Å². The van der Waals surface area contributed by atoms with Gasteiger partial charge in [0, 0.05) is 6.42 Å². The fraction of sp³-hybridized carbons (Fsp3) is 0.217. The lowest BCUT2D eigenvalue weighted by Crippen LogP contribution is -2.49. The molecule has 0 aliphatic carbocycles. The molecule has 4 rings (SSSR count). The molecule has 2 heterocycles. The summed E-state index contributed by atoms with van der Waals surface area (Å²) in [6.45, 7) is -0.633. The number of methoxy groups -OCH3 is 1. The summed E-state index contributed by atoms with van der Waals surface area (Å²) < 4.78 is 4.61. The Balaban J connectivity index is 1.62. The standard InChI is InChI=1S/C23H18N2O7/c1-32-19(27)11-10-17(25-22(30)15-8-4-5-9-16(15)23(25)31)18(26)12-24-20(28)13-6-2-3-7-14(13)21(24)29/h2-9,17H,10-12H2,1H3. The highest BCUT2D eigenvalue weighted by molar-refractivity contribution is 6.24. The van der Waals surface area contributed by atoms with Gasteiger partial charge in [0.25, 0.3) is 23.6 Å². The van der Waals surface area contributed by atoms with Crippen LogP contribution in [0.5, 0.6) is 0 Å². The smallest absolute Gasteiger partial charge is 0.305 e. The molecule has 1 unspecified atom stereocenters. The minimum absolute atomic E-state index is 0.147. The predicted octanol–water partition coefficient (Wildman–Crippen LogP) is 1.47. The number of benzene rings is 2. The summed E-state index contributed by atoms with van der Waals surface area (Å²) in [5.41, 5.74) is 0.650. The van der Waals surface area contributed by atoms with E-state index in [2.05, 4.69) is 4.74 Å². The number of hydrogen-bond acceptors (Lipinski definition) is 7. The van der Waals surface area contributed by atoms with Crippen LogP contribution in [0.4, 0.5) is 0 Å². The van der Waals surface area contributed by atoms with Gasteiger partial charge in [0.05, 0.1) is 35.9 Å². The molecule has 0 saturated carbocycles. The van der Waals surface area contributed by atoms with Crippen molar-refractivity contribution in [2.75, 3.05) is 13.7 Å². The number of rotatable bonds is 7. The van der Waals surface area contributed by atoms with E-state index in [9.17, 15) is 28.8 Å². The van der Waals surface area contributed by atoms with Crippen LogP contribution in [0.25, 0.3) is 0 Å². The fourth-order valence-corrected chi connectivity index (χ4v) is 3.93. The van der Waals surface area contributed by atoms with Crippen LogP contribution in [0.3, 0.4) is 0 Å². The molecule has 0 spiro atoms. The first-order valence-electron chi connectivity index (χ1n) is 9.86. The van der Waals surface area contributed by atoms with Crippen LogP contribution in [0.2, 0.25) is 0 Å². The number of carbonyl (C=O) groups excluding carboxylic acids is 6. The molecule has 9 nitrogen and oxygen atoms in total. The number of amides is 4. The van der Waals surface area contributed by atoms with Crippen LogP contribution in [-0.4, -0.2) is 64.9 Å². The average molecular weight is 434 g/mol. The van der Waals surface area contributed by atoms with Gasteiger partial charge in [-0.05, 0) is 30.7 Å². The van der Waals surface area contributed by atoms with Crippen molar-refractivity contribution < 1.29 is 33.5 Å². The van der Waals surface area contributed by atoms with E-state index >= 15 is 0 Å².